The van der Waals surface area contributed by atoms with Gasteiger partial charge in [-0.25, -0.2) is 4.79 Å². The van der Waals surface area contributed by atoms with Crippen molar-refractivity contribution >= 4 is 6.03 Å². The lowest BCUT2D eigenvalue weighted by Gasteiger charge is -2.34. The summed E-state index contributed by atoms with van der Waals surface area (Å²) in [6.45, 7) is 8.74. The van der Waals surface area contributed by atoms with E-state index in [0.717, 1.165) is 38.8 Å². The van der Waals surface area contributed by atoms with E-state index in [2.05, 4.69) is 48.7 Å². The number of nitrogens with zero attached hydrogens (tertiary/aromatic N) is 1. The molecule has 1 atom stereocenters. The van der Waals surface area contributed by atoms with Crippen molar-refractivity contribution in [3.05, 3.63) is 35.4 Å². The summed E-state index contributed by atoms with van der Waals surface area (Å²) in [6, 6.07) is 9.96. The summed E-state index contributed by atoms with van der Waals surface area (Å²) in [5.74, 6) is 0. The number of piperidine rings is 1. The molecule has 1 fully saturated rings. The first-order valence-corrected chi connectivity index (χ1v) is 8.96. The predicted molar refractivity (Wildman–Crippen MR) is 95.8 cm³/mol. The Morgan fingerprint density at radius 3 is 2.43 bits per heavy atom. The molecule has 23 heavy (non-hydrogen) atoms. The van der Waals surface area contributed by atoms with Crippen molar-refractivity contribution in [2.45, 2.75) is 58.5 Å². The molecule has 128 valence electrons. The van der Waals surface area contributed by atoms with E-state index >= 15 is 0 Å². The quantitative estimate of drug-likeness (QED) is 0.847. The second-order valence-electron chi connectivity index (χ2n) is 6.56. The summed E-state index contributed by atoms with van der Waals surface area (Å²) in [7, 11) is 0. The van der Waals surface area contributed by atoms with Crippen LogP contribution in [0.3, 0.4) is 0 Å². The molecule has 1 aliphatic heterocycles. The van der Waals surface area contributed by atoms with Gasteiger partial charge in [0, 0.05) is 31.7 Å². The first-order valence-electron chi connectivity index (χ1n) is 8.96. The van der Waals surface area contributed by atoms with Gasteiger partial charge in [0.15, 0.2) is 0 Å². The highest BCUT2D eigenvalue weighted by molar-refractivity contribution is 5.74. The largest absolute Gasteiger partial charge is 0.338 e. The van der Waals surface area contributed by atoms with Crippen molar-refractivity contribution in [2.24, 2.45) is 0 Å². The number of carbonyl (C=O) groups excluding carboxylic acids is 1. The van der Waals surface area contributed by atoms with E-state index in [0.29, 0.717) is 18.6 Å². The lowest BCUT2D eigenvalue weighted by Crippen LogP contribution is -2.50. The van der Waals surface area contributed by atoms with Gasteiger partial charge < -0.3 is 15.5 Å². The first-order chi connectivity index (χ1) is 11.1. The molecule has 0 aliphatic carbocycles. The number of amides is 2. The first kappa shape index (κ1) is 17.8. The molecule has 1 heterocycles. The topological polar surface area (TPSA) is 44.4 Å². The Hall–Kier alpha value is -1.55. The lowest BCUT2D eigenvalue weighted by molar-refractivity contribution is 0.174. The average molecular weight is 317 g/mol. The zero-order valence-electron chi connectivity index (χ0n) is 14.8. The fourth-order valence-corrected chi connectivity index (χ4v) is 3.18. The Kier molecular flexibility index (Phi) is 6.90. The Bertz CT molecular complexity index is 478. The van der Waals surface area contributed by atoms with Crippen molar-refractivity contribution in [2.75, 3.05) is 19.6 Å². The van der Waals surface area contributed by atoms with E-state index in [4.69, 9.17) is 0 Å². The van der Waals surface area contributed by atoms with Crippen LogP contribution >= 0.6 is 0 Å². The standard InChI is InChI=1S/C19H31N3O/c1-4-17(14-16-8-6-15(3)7-9-16)21-18-10-12-22(13-11-18)19(23)20-5-2/h6-9,17-18,21H,4-5,10-14H2,1-3H3,(H,20,23)/t17-/m0/s1. The molecule has 0 unspecified atom stereocenters. The van der Waals surface area contributed by atoms with Gasteiger partial charge in [-0.1, -0.05) is 36.8 Å². The van der Waals surface area contributed by atoms with Crippen LogP contribution in [0.25, 0.3) is 0 Å². The Morgan fingerprint density at radius 1 is 1.22 bits per heavy atom. The van der Waals surface area contributed by atoms with Crippen LogP contribution in [0.4, 0.5) is 4.79 Å². The van der Waals surface area contributed by atoms with Crippen molar-refractivity contribution in [1.82, 2.24) is 15.5 Å². The van der Waals surface area contributed by atoms with Gasteiger partial charge in [-0.2, -0.15) is 0 Å². The molecule has 4 heteroatoms. The Labute approximate surface area is 140 Å². The highest BCUT2D eigenvalue weighted by Gasteiger charge is 2.23. The van der Waals surface area contributed by atoms with E-state index in [1.165, 1.54) is 11.1 Å². The van der Waals surface area contributed by atoms with Gasteiger partial charge in [0.1, 0.15) is 0 Å². The molecule has 1 aromatic carbocycles. The van der Waals surface area contributed by atoms with Gasteiger partial charge in [0.2, 0.25) is 0 Å². The predicted octanol–water partition coefficient (Wildman–Crippen LogP) is 3.10. The smallest absolute Gasteiger partial charge is 0.317 e. The minimum Gasteiger partial charge on any atom is -0.338 e. The molecule has 0 radical (unpaired) electrons. The van der Waals surface area contributed by atoms with Crippen LogP contribution in [0.15, 0.2) is 24.3 Å². The maximum Gasteiger partial charge on any atom is 0.317 e. The third-order valence-electron chi connectivity index (χ3n) is 4.68. The molecular weight excluding hydrogens is 286 g/mol. The number of urea groups is 1. The van der Waals surface area contributed by atoms with E-state index in [1.807, 2.05) is 11.8 Å². The summed E-state index contributed by atoms with van der Waals surface area (Å²) in [6.07, 6.45) is 4.29. The second-order valence-corrected chi connectivity index (χ2v) is 6.56. The number of benzene rings is 1. The van der Waals surface area contributed by atoms with E-state index in [9.17, 15) is 4.79 Å². The van der Waals surface area contributed by atoms with Crippen LogP contribution in [-0.4, -0.2) is 42.6 Å². The van der Waals surface area contributed by atoms with Gasteiger partial charge in [-0.15, -0.1) is 0 Å². The second kappa shape index (κ2) is 8.92. The Morgan fingerprint density at radius 2 is 1.87 bits per heavy atom. The summed E-state index contributed by atoms with van der Waals surface area (Å²) in [5, 5.41) is 6.69. The molecule has 4 nitrogen and oxygen atoms in total. The molecule has 0 saturated carbocycles. The Balaban J connectivity index is 1.79. The van der Waals surface area contributed by atoms with Crippen molar-refractivity contribution in [3.8, 4) is 0 Å². The molecule has 1 saturated heterocycles. The summed E-state index contributed by atoms with van der Waals surface area (Å²) >= 11 is 0. The number of carbonyl (C=O) groups is 1. The molecule has 1 aliphatic rings. The summed E-state index contributed by atoms with van der Waals surface area (Å²) < 4.78 is 0. The van der Waals surface area contributed by atoms with E-state index in [1.54, 1.807) is 0 Å². The van der Waals surface area contributed by atoms with E-state index < -0.39 is 0 Å². The molecule has 2 amide bonds. The maximum atomic E-state index is 11.8. The lowest BCUT2D eigenvalue weighted by atomic mass is 9.99. The zero-order valence-corrected chi connectivity index (χ0v) is 14.8. The van der Waals surface area contributed by atoms with E-state index in [-0.39, 0.29) is 6.03 Å². The minimum absolute atomic E-state index is 0.0812. The number of nitrogens with one attached hydrogen (secondary N) is 2. The van der Waals surface area contributed by atoms with Crippen LogP contribution in [0.2, 0.25) is 0 Å². The number of hydrogen-bond acceptors (Lipinski definition) is 2. The van der Waals surface area contributed by atoms with Crippen LogP contribution in [0.5, 0.6) is 0 Å². The molecule has 2 rings (SSSR count). The fourth-order valence-electron chi connectivity index (χ4n) is 3.18. The normalized spacial score (nSPS) is 17.1. The third kappa shape index (κ3) is 5.54. The zero-order chi connectivity index (χ0) is 16.7. The molecule has 0 aromatic heterocycles. The van der Waals surface area contributed by atoms with Gasteiger partial charge in [-0.05, 0) is 45.1 Å². The molecule has 1 aromatic rings. The summed E-state index contributed by atoms with van der Waals surface area (Å²) in [5.41, 5.74) is 2.71. The molecule has 2 N–H and O–H groups in total. The average Bonchev–Trinajstić information content (AvgIpc) is 2.57. The highest BCUT2D eigenvalue weighted by Crippen LogP contribution is 2.14. The molecule has 0 spiro atoms. The number of aryl methyl sites for hydroxylation is 1. The van der Waals surface area contributed by atoms with Gasteiger partial charge in [0.25, 0.3) is 0 Å². The number of rotatable bonds is 6. The molecule has 0 bridgehead atoms. The van der Waals surface area contributed by atoms with Crippen LogP contribution in [0.1, 0.15) is 44.2 Å². The van der Waals surface area contributed by atoms with Crippen LogP contribution in [0, 0.1) is 6.92 Å². The maximum absolute atomic E-state index is 11.8. The number of hydrogen-bond donors (Lipinski definition) is 2. The van der Waals surface area contributed by atoms with Crippen molar-refractivity contribution in [1.29, 1.82) is 0 Å². The van der Waals surface area contributed by atoms with Gasteiger partial charge >= 0.3 is 6.03 Å². The van der Waals surface area contributed by atoms with Gasteiger partial charge in [-0.3, -0.25) is 0 Å². The SMILES string of the molecule is CCNC(=O)N1CCC(N[C@@H](CC)Cc2ccc(C)cc2)CC1. The van der Waals surface area contributed by atoms with Crippen LogP contribution < -0.4 is 10.6 Å². The summed E-state index contributed by atoms with van der Waals surface area (Å²) in [4.78, 5) is 13.8. The highest BCUT2D eigenvalue weighted by atomic mass is 16.2. The number of likely N-dealkylation sites (tertiary alicyclic amines) is 1. The third-order valence-corrected chi connectivity index (χ3v) is 4.68. The van der Waals surface area contributed by atoms with Gasteiger partial charge in [0.05, 0.1) is 0 Å². The molecular formula is C19H31N3O. The van der Waals surface area contributed by atoms with Crippen LogP contribution in [-0.2, 0) is 6.42 Å². The monoisotopic (exact) mass is 317 g/mol. The fraction of sp³-hybridized carbons (Fsp3) is 0.632. The van der Waals surface area contributed by atoms with Crippen molar-refractivity contribution in [3.63, 3.8) is 0 Å². The minimum atomic E-state index is 0.0812. The van der Waals surface area contributed by atoms with Crippen molar-refractivity contribution < 1.29 is 4.79 Å².